The molecule has 0 spiro atoms. The Kier molecular flexibility index (Phi) is 4.44. The topological polar surface area (TPSA) is 66.8 Å². The van der Waals surface area contributed by atoms with Gasteiger partial charge in [0.05, 0.1) is 0 Å². The smallest absolute Gasteiger partial charge is 0.406 e. The molecule has 1 heterocycles. The quantitative estimate of drug-likeness (QED) is 0.844. The number of hydrogen-bond acceptors (Lipinski definition) is 3. The molecule has 1 amide bonds. The van der Waals surface area contributed by atoms with Crippen LogP contribution >= 0.6 is 0 Å². The average Bonchev–Trinajstić information content (AvgIpc) is 2.73. The van der Waals surface area contributed by atoms with Gasteiger partial charge in [-0.3, -0.25) is 9.59 Å². The van der Waals surface area contributed by atoms with Crippen molar-refractivity contribution in [3.8, 4) is 0 Å². The molecule has 1 aliphatic heterocycles. The maximum atomic E-state index is 12.9. The van der Waals surface area contributed by atoms with Gasteiger partial charge >= 0.3 is 12.1 Å². The molecule has 0 radical (unpaired) electrons. The number of rotatable bonds is 4. The molecule has 1 aliphatic rings. The standard InChI is InChI=1S/C11H16F3NO4/c1-3-19-7(2)8(16)15-5-4-10(6-15,9(17)18)11(12,13)14/h7H,3-6H2,1-2H3,(H,17,18). The number of nitrogens with zero attached hydrogens (tertiary/aromatic N) is 1. The van der Waals surface area contributed by atoms with E-state index in [1.807, 2.05) is 0 Å². The van der Waals surface area contributed by atoms with Crippen LogP contribution in [0.4, 0.5) is 13.2 Å². The van der Waals surface area contributed by atoms with Crippen molar-refractivity contribution < 1.29 is 32.6 Å². The van der Waals surface area contributed by atoms with Gasteiger partial charge in [0, 0.05) is 19.7 Å². The van der Waals surface area contributed by atoms with Gasteiger partial charge in [-0.1, -0.05) is 0 Å². The number of likely N-dealkylation sites (tertiary alicyclic amines) is 1. The molecule has 0 aromatic rings. The van der Waals surface area contributed by atoms with Gasteiger partial charge in [-0.25, -0.2) is 0 Å². The van der Waals surface area contributed by atoms with E-state index in [1.54, 1.807) is 6.92 Å². The lowest BCUT2D eigenvalue weighted by atomic mass is 9.86. The van der Waals surface area contributed by atoms with Crippen LogP contribution in [-0.4, -0.2) is 53.9 Å². The van der Waals surface area contributed by atoms with Crippen LogP contribution in [0.25, 0.3) is 0 Å². The molecule has 1 saturated heterocycles. The Labute approximate surface area is 108 Å². The highest BCUT2D eigenvalue weighted by atomic mass is 19.4. The zero-order valence-corrected chi connectivity index (χ0v) is 10.7. The van der Waals surface area contributed by atoms with Crippen molar-refractivity contribution in [3.05, 3.63) is 0 Å². The molecule has 1 N–H and O–H groups in total. The molecule has 8 heteroatoms. The lowest BCUT2D eigenvalue weighted by Gasteiger charge is -2.28. The van der Waals surface area contributed by atoms with Crippen LogP contribution in [0.5, 0.6) is 0 Å². The van der Waals surface area contributed by atoms with Crippen molar-refractivity contribution in [1.82, 2.24) is 4.90 Å². The van der Waals surface area contributed by atoms with Crippen LogP contribution in [0.15, 0.2) is 0 Å². The number of hydrogen-bond donors (Lipinski definition) is 1. The minimum atomic E-state index is -4.89. The van der Waals surface area contributed by atoms with Gasteiger partial charge in [-0.05, 0) is 20.3 Å². The lowest BCUT2D eigenvalue weighted by Crippen LogP contribution is -2.48. The second kappa shape index (κ2) is 5.36. The number of carbonyl (C=O) groups is 2. The molecule has 0 aromatic heterocycles. The zero-order valence-electron chi connectivity index (χ0n) is 10.7. The predicted molar refractivity (Wildman–Crippen MR) is 58.4 cm³/mol. The highest BCUT2D eigenvalue weighted by Crippen LogP contribution is 2.45. The second-order valence-corrected chi connectivity index (χ2v) is 4.49. The third-order valence-corrected chi connectivity index (χ3v) is 3.30. The number of carboxylic acid groups (broad SMARTS) is 1. The first-order valence-electron chi connectivity index (χ1n) is 5.86. The Bertz CT molecular complexity index is 371. The van der Waals surface area contributed by atoms with Gasteiger partial charge in [-0.2, -0.15) is 13.2 Å². The molecule has 2 unspecified atom stereocenters. The third kappa shape index (κ3) is 2.83. The molecule has 110 valence electrons. The maximum Gasteiger partial charge on any atom is 0.406 e. The first-order valence-corrected chi connectivity index (χ1v) is 5.86. The van der Waals surface area contributed by atoms with Crippen molar-refractivity contribution in [1.29, 1.82) is 0 Å². The number of halogens is 3. The van der Waals surface area contributed by atoms with Crippen molar-refractivity contribution in [2.24, 2.45) is 5.41 Å². The van der Waals surface area contributed by atoms with Gasteiger partial charge < -0.3 is 14.7 Å². The van der Waals surface area contributed by atoms with Crippen LogP contribution < -0.4 is 0 Å². The summed E-state index contributed by atoms with van der Waals surface area (Å²) in [5.74, 6) is -2.56. The SMILES string of the molecule is CCOC(C)C(=O)N1CCC(C(=O)O)(C(F)(F)F)C1. The van der Waals surface area contributed by atoms with E-state index in [4.69, 9.17) is 9.84 Å². The van der Waals surface area contributed by atoms with E-state index < -0.39 is 42.5 Å². The van der Waals surface area contributed by atoms with E-state index in [0.717, 1.165) is 4.90 Å². The second-order valence-electron chi connectivity index (χ2n) is 4.49. The van der Waals surface area contributed by atoms with E-state index in [-0.39, 0.29) is 13.2 Å². The summed E-state index contributed by atoms with van der Waals surface area (Å²) in [5, 5.41) is 8.85. The molecular formula is C11H16F3NO4. The number of aliphatic carboxylic acids is 1. The molecule has 0 bridgehead atoms. The van der Waals surface area contributed by atoms with Gasteiger partial charge in [0.2, 0.25) is 0 Å². The van der Waals surface area contributed by atoms with Crippen molar-refractivity contribution in [2.45, 2.75) is 32.5 Å². The third-order valence-electron chi connectivity index (χ3n) is 3.30. The Morgan fingerprint density at radius 3 is 2.42 bits per heavy atom. The summed E-state index contributed by atoms with van der Waals surface area (Å²) in [6.07, 6.45) is -6.39. The summed E-state index contributed by atoms with van der Waals surface area (Å²) in [5.41, 5.74) is -2.87. The molecule has 5 nitrogen and oxygen atoms in total. The normalized spacial score (nSPS) is 25.4. The molecule has 19 heavy (non-hydrogen) atoms. The van der Waals surface area contributed by atoms with E-state index in [9.17, 15) is 22.8 Å². The fourth-order valence-corrected chi connectivity index (χ4v) is 2.10. The van der Waals surface area contributed by atoms with Crippen LogP contribution in [-0.2, 0) is 14.3 Å². The molecule has 0 saturated carbocycles. The van der Waals surface area contributed by atoms with E-state index in [2.05, 4.69) is 0 Å². The fourth-order valence-electron chi connectivity index (χ4n) is 2.10. The Morgan fingerprint density at radius 2 is 2.05 bits per heavy atom. The number of ether oxygens (including phenoxy) is 1. The molecule has 1 rings (SSSR count). The van der Waals surface area contributed by atoms with Crippen LogP contribution in [0.1, 0.15) is 20.3 Å². The minimum absolute atomic E-state index is 0.234. The van der Waals surface area contributed by atoms with Gasteiger partial charge in [-0.15, -0.1) is 0 Å². The summed E-state index contributed by atoms with van der Waals surface area (Å²) < 4.78 is 43.7. The maximum absolute atomic E-state index is 12.9. The molecule has 1 fully saturated rings. The number of alkyl halides is 3. The minimum Gasteiger partial charge on any atom is -0.481 e. The Hall–Kier alpha value is -1.31. The van der Waals surface area contributed by atoms with Gasteiger partial charge in [0.15, 0.2) is 5.41 Å². The predicted octanol–water partition coefficient (Wildman–Crippen LogP) is 1.28. The van der Waals surface area contributed by atoms with E-state index in [0.29, 0.717) is 0 Å². The number of carbonyl (C=O) groups excluding carboxylic acids is 1. The lowest BCUT2D eigenvalue weighted by molar-refractivity contribution is -0.227. The fraction of sp³-hybridized carbons (Fsp3) is 0.818. The summed E-state index contributed by atoms with van der Waals surface area (Å²) in [4.78, 5) is 23.7. The van der Waals surface area contributed by atoms with Crippen LogP contribution in [0, 0.1) is 5.41 Å². The van der Waals surface area contributed by atoms with E-state index >= 15 is 0 Å². The van der Waals surface area contributed by atoms with Crippen LogP contribution in [0.3, 0.4) is 0 Å². The van der Waals surface area contributed by atoms with Crippen molar-refractivity contribution >= 4 is 11.9 Å². The monoisotopic (exact) mass is 283 g/mol. The molecule has 0 aromatic carbocycles. The average molecular weight is 283 g/mol. The Morgan fingerprint density at radius 1 is 1.47 bits per heavy atom. The molecule has 2 atom stereocenters. The summed E-state index contributed by atoms with van der Waals surface area (Å²) in [7, 11) is 0. The van der Waals surface area contributed by atoms with Gasteiger partial charge in [0.1, 0.15) is 6.10 Å². The van der Waals surface area contributed by atoms with Crippen molar-refractivity contribution in [2.75, 3.05) is 19.7 Å². The molecular weight excluding hydrogens is 267 g/mol. The number of carboxylic acids is 1. The Balaban J connectivity index is 2.86. The van der Waals surface area contributed by atoms with E-state index in [1.165, 1.54) is 6.92 Å². The van der Waals surface area contributed by atoms with Gasteiger partial charge in [0.25, 0.3) is 5.91 Å². The highest BCUT2D eigenvalue weighted by Gasteiger charge is 2.64. The van der Waals surface area contributed by atoms with Crippen molar-refractivity contribution in [3.63, 3.8) is 0 Å². The summed E-state index contributed by atoms with van der Waals surface area (Å²) >= 11 is 0. The summed E-state index contributed by atoms with van der Waals surface area (Å²) in [6.45, 7) is 2.25. The first-order chi connectivity index (χ1) is 8.65. The van der Waals surface area contributed by atoms with Crippen LogP contribution in [0.2, 0.25) is 0 Å². The highest BCUT2D eigenvalue weighted by molar-refractivity contribution is 5.83. The first kappa shape index (κ1) is 15.7. The molecule has 0 aliphatic carbocycles. The number of amides is 1. The summed E-state index contributed by atoms with van der Waals surface area (Å²) in [6, 6.07) is 0. The largest absolute Gasteiger partial charge is 0.481 e. The zero-order chi connectivity index (χ0) is 14.8.